The van der Waals surface area contributed by atoms with Crippen molar-refractivity contribution in [3.8, 4) is 16.5 Å². The molecule has 0 aliphatic heterocycles. The summed E-state index contributed by atoms with van der Waals surface area (Å²) in [7, 11) is 0. The van der Waals surface area contributed by atoms with Gasteiger partial charge in [-0.25, -0.2) is 9.97 Å². The van der Waals surface area contributed by atoms with Gasteiger partial charge in [0.2, 0.25) is 0 Å². The van der Waals surface area contributed by atoms with Crippen LogP contribution in [-0.2, 0) is 5.75 Å². The van der Waals surface area contributed by atoms with Crippen LogP contribution in [0.5, 0.6) is 5.75 Å². The summed E-state index contributed by atoms with van der Waals surface area (Å²) in [4.78, 5) is 17.0. The monoisotopic (exact) mass is 368 g/mol. The molecule has 0 aliphatic carbocycles. The van der Waals surface area contributed by atoms with Gasteiger partial charge in [-0.05, 0) is 31.2 Å². The molecule has 3 heterocycles. The van der Waals surface area contributed by atoms with Gasteiger partial charge >= 0.3 is 0 Å². The molecule has 0 amide bonds. The van der Waals surface area contributed by atoms with E-state index in [0.717, 1.165) is 44.1 Å². The Hall–Kier alpha value is -2.38. The average molecular weight is 368 g/mol. The number of fused-ring (bicyclic) bond motifs is 1. The van der Waals surface area contributed by atoms with Gasteiger partial charge in [-0.3, -0.25) is 4.98 Å². The van der Waals surface area contributed by atoms with Crippen molar-refractivity contribution in [1.29, 1.82) is 0 Å². The molecule has 0 fully saturated rings. The maximum absolute atomic E-state index is 5.53. The summed E-state index contributed by atoms with van der Waals surface area (Å²) in [5.41, 5.74) is 3.88. The maximum atomic E-state index is 5.53. The van der Waals surface area contributed by atoms with Crippen LogP contribution < -0.4 is 4.74 Å². The van der Waals surface area contributed by atoms with Gasteiger partial charge in [-0.2, -0.15) is 0 Å². The predicted octanol–water partition coefficient (Wildman–Crippen LogP) is 4.77. The minimum absolute atomic E-state index is 0.656. The van der Waals surface area contributed by atoms with Crippen LogP contribution in [0.15, 0.2) is 53.1 Å². The Kier molecular flexibility index (Phi) is 4.67. The van der Waals surface area contributed by atoms with Crippen molar-refractivity contribution in [3.63, 3.8) is 0 Å². The van der Waals surface area contributed by atoms with Gasteiger partial charge in [0.15, 0.2) is 5.16 Å². The number of imidazole rings is 1. The summed E-state index contributed by atoms with van der Waals surface area (Å²) in [6.07, 6.45) is 1.79. The van der Waals surface area contributed by atoms with E-state index in [0.29, 0.717) is 6.61 Å². The van der Waals surface area contributed by atoms with Gasteiger partial charge in [-0.1, -0.05) is 17.8 Å². The average Bonchev–Trinajstić information content (AvgIpc) is 3.27. The molecular formula is C18H16N4OS2. The number of thiazole rings is 1. The number of benzene rings is 1. The predicted molar refractivity (Wildman–Crippen MR) is 102 cm³/mol. The fraction of sp³-hybridized carbons (Fsp3) is 0.167. The number of pyridine rings is 1. The summed E-state index contributed by atoms with van der Waals surface area (Å²) < 4.78 is 5.53. The summed E-state index contributed by atoms with van der Waals surface area (Å²) >= 11 is 3.26. The van der Waals surface area contributed by atoms with Crippen molar-refractivity contribution < 1.29 is 4.74 Å². The molecule has 1 N–H and O–H groups in total. The first-order valence-corrected chi connectivity index (χ1v) is 9.79. The third-order valence-corrected chi connectivity index (χ3v) is 5.36. The van der Waals surface area contributed by atoms with Crippen LogP contribution in [0, 0.1) is 0 Å². The van der Waals surface area contributed by atoms with E-state index in [1.807, 2.05) is 43.3 Å². The van der Waals surface area contributed by atoms with Crippen molar-refractivity contribution in [2.75, 3.05) is 6.61 Å². The van der Waals surface area contributed by atoms with E-state index in [4.69, 9.17) is 4.74 Å². The van der Waals surface area contributed by atoms with Crippen LogP contribution in [0.25, 0.3) is 21.7 Å². The number of hydrogen-bond acceptors (Lipinski definition) is 6. The fourth-order valence-corrected chi connectivity index (χ4v) is 4.09. The Morgan fingerprint density at radius 2 is 2.16 bits per heavy atom. The van der Waals surface area contributed by atoms with Gasteiger partial charge in [0.1, 0.15) is 10.8 Å². The van der Waals surface area contributed by atoms with Crippen LogP contribution in [0.2, 0.25) is 0 Å². The van der Waals surface area contributed by atoms with E-state index in [1.54, 1.807) is 29.3 Å². The zero-order chi connectivity index (χ0) is 17.1. The molecule has 4 aromatic rings. The molecule has 0 saturated heterocycles. The molecule has 25 heavy (non-hydrogen) atoms. The lowest BCUT2D eigenvalue weighted by molar-refractivity contribution is 0.340. The highest BCUT2D eigenvalue weighted by atomic mass is 32.2. The van der Waals surface area contributed by atoms with E-state index in [-0.39, 0.29) is 0 Å². The van der Waals surface area contributed by atoms with Crippen LogP contribution in [-0.4, -0.2) is 26.5 Å². The fourth-order valence-electron chi connectivity index (χ4n) is 2.41. The lowest BCUT2D eigenvalue weighted by Gasteiger charge is -2.00. The Balaban J connectivity index is 1.46. The van der Waals surface area contributed by atoms with Crippen LogP contribution in [0.4, 0.5) is 0 Å². The summed E-state index contributed by atoms with van der Waals surface area (Å²) in [5, 5.41) is 3.91. The highest BCUT2D eigenvalue weighted by Gasteiger charge is 2.09. The van der Waals surface area contributed by atoms with Crippen molar-refractivity contribution in [3.05, 3.63) is 53.7 Å². The van der Waals surface area contributed by atoms with Gasteiger partial charge in [0, 0.05) is 23.4 Å². The number of thioether (sulfide) groups is 1. The first-order valence-electron chi connectivity index (χ1n) is 7.93. The maximum Gasteiger partial charge on any atom is 0.166 e. The molecule has 5 nitrogen and oxygen atoms in total. The first kappa shape index (κ1) is 16.1. The molecule has 7 heteroatoms. The summed E-state index contributed by atoms with van der Waals surface area (Å²) in [6.45, 7) is 2.63. The number of nitrogens with zero attached hydrogens (tertiary/aromatic N) is 3. The second-order valence-corrected chi connectivity index (χ2v) is 7.12. The number of aromatic amines is 1. The molecular weight excluding hydrogens is 352 g/mol. The number of hydrogen-bond donors (Lipinski definition) is 1. The van der Waals surface area contributed by atoms with Gasteiger partial charge in [0.25, 0.3) is 0 Å². The first-order chi connectivity index (χ1) is 12.3. The lowest BCUT2D eigenvalue weighted by atomic mass is 10.3. The second kappa shape index (κ2) is 7.25. The molecule has 0 radical (unpaired) electrons. The zero-order valence-electron chi connectivity index (χ0n) is 13.6. The van der Waals surface area contributed by atoms with Crippen molar-refractivity contribution in [2.24, 2.45) is 0 Å². The highest BCUT2D eigenvalue weighted by molar-refractivity contribution is 7.98. The topological polar surface area (TPSA) is 63.7 Å². The molecule has 0 spiro atoms. The quantitative estimate of drug-likeness (QED) is 0.497. The minimum atomic E-state index is 0.656. The van der Waals surface area contributed by atoms with Crippen molar-refractivity contribution in [1.82, 2.24) is 19.9 Å². The van der Waals surface area contributed by atoms with E-state index >= 15 is 0 Å². The van der Waals surface area contributed by atoms with E-state index in [2.05, 4.69) is 25.3 Å². The zero-order valence-corrected chi connectivity index (χ0v) is 15.2. The smallest absolute Gasteiger partial charge is 0.166 e. The number of ether oxygens (including phenoxy) is 1. The Morgan fingerprint density at radius 3 is 3.00 bits per heavy atom. The molecule has 3 aromatic heterocycles. The van der Waals surface area contributed by atoms with Crippen LogP contribution in [0.1, 0.15) is 12.6 Å². The normalized spacial score (nSPS) is 11.1. The lowest BCUT2D eigenvalue weighted by Crippen LogP contribution is -1.90. The molecule has 4 rings (SSSR count). The molecule has 1 aromatic carbocycles. The molecule has 0 bridgehead atoms. The largest absolute Gasteiger partial charge is 0.494 e. The number of rotatable bonds is 6. The van der Waals surface area contributed by atoms with Crippen molar-refractivity contribution >= 4 is 34.1 Å². The summed E-state index contributed by atoms with van der Waals surface area (Å²) in [6, 6.07) is 11.8. The number of H-pyrrole nitrogens is 1. The van der Waals surface area contributed by atoms with E-state index < -0.39 is 0 Å². The number of aromatic nitrogens is 4. The molecule has 0 atom stereocenters. The molecule has 0 aliphatic rings. The molecule has 0 saturated carbocycles. The Morgan fingerprint density at radius 1 is 1.20 bits per heavy atom. The van der Waals surface area contributed by atoms with Gasteiger partial charge < -0.3 is 9.72 Å². The van der Waals surface area contributed by atoms with Crippen LogP contribution in [0.3, 0.4) is 0 Å². The third-order valence-electron chi connectivity index (χ3n) is 3.54. The minimum Gasteiger partial charge on any atom is -0.494 e. The van der Waals surface area contributed by atoms with Gasteiger partial charge in [-0.15, -0.1) is 11.3 Å². The number of nitrogens with one attached hydrogen (secondary N) is 1. The molecule has 0 unspecified atom stereocenters. The van der Waals surface area contributed by atoms with E-state index in [1.165, 1.54) is 0 Å². The Labute approximate surface area is 153 Å². The standard InChI is InChI=1S/C18H16N4OS2/c1-2-23-13-6-7-14-16(9-13)22-18(21-14)25-11-12-10-24-17(20-12)15-5-3-4-8-19-15/h3-10H,2,11H2,1H3,(H,21,22). The molecule has 126 valence electrons. The van der Waals surface area contributed by atoms with Gasteiger partial charge in [0.05, 0.1) is 29.0 Å². The van der Waals surface area contributed by atoms with E-state index in [9.17, 15) is 0 Å². The SMILES string of the molecule is CCOc1ccc2nc(SCc3csc(-c4ccccn4)n3)[nH]c2c1. The van der Waals surface area contributed by atoms with Crippen LogP contribution >= 0.6 is 23.1 Å². The third kappa shape index (κ3) is 3.67. The van der Waals surface area contributed by atoms with Crippen molar-refractivity contribution in [2.45, 2.75) is 17.8 Å². The summed E-state index contributed by atoms with van der Waals surface area (Å²) in [5.74, 6) is 1.62. The Bertz CT molecular complexity index is 981. The highest BCUT2D eigenvalue weighted by Crippen LogP contribution is 2.28. The second-order valence-electron chi connectivity index (χ2n) is 5.30.